The van der Waals surface area contributed by atoms with Crippen molar-refractivity contribution in [3.63, 3.8) is 0 Å². The Balaban J connectivity index is 1.97. The van der Waals surface area contributed by atoms with E-state index >= 15 is 0 Å². The van der Waals surface area contributed by atoms with Crippen molar-refractivity contribution < 1.29 is 14.3 Å². The minimum absolute atomic E-state index is 0.0932. The zero-order chi connectivity index (χ0) is 13.0. The molecule has 0 aliphatic rings. The highest BCUT2D eigenvalue weighted by Gasteiger charge is 2.06. The molecule has 0 atom stereocenters. The Morgan fingerprint density at radius 2 is 1.94 bits per heavy atom. The van der Waals surface area contributed by atoms with Crippen molar-refractivity contribution >= 4 is 33.7 Å². The van der Waals surface area contributed by atoms with E-state index in [4.69, 9.17) is 9.52 Å². The maximum Gasteiger partial charge on any atom is 0.303 e. The van der Waals surface area contributed by atoms with E-state index in [-0.39, 0.29) is 6.42 Å². The van der Waals surface area contributed by atoms with Gasteiger partial charge in [-0.2, -0.15) is 0 Å². The number of hydrogen-bond donors (Lipinski definition) is 1. The summed E-state index contributed by atoms with van der Waals surface area (Å²) in [6, 6.07) is 11.6. The van der Waals surface area contributed by atoms with Gasteiger partial charge in [-0.3, -0.25) is 4.79 Å². The van der Waals surface area contributed by atoms with Gasteiger partial charge in [0.2, 0.25) is 0 Å². The molecule has 0 radical (unpaired) electrons. The molecular weight excluding hydrogens is 316 g/mol. The minimum Gasteiger partial charge on any atom is -0.481 e. The monoisotopic (exact) mass is 326 g/mol. The van der Waals surface area contributed by atoms with Crippen LogP contribution in [0.1, 0.15) is 12.2 Å². The SMILES string of the molecule is O=C(O)CCc1ccc(Sc2ccc(Br)cc2)o1. The van der Waals surface area contributed by atoms with Crippen LogP contribution in [0.15, 0.2) is 55.3 Å². The van der Waals surface area contributed by atoms with Crippen molar-refractivity contribution in [2.24, 2.45) is 0 Å². The Bertz CT molecular complexity index is 533. The largest absolute Gasteiger partial charge is 0.481 e. The zero-order valence-electron chi connectivity index (χ0n) is 9.43. The smallest absolute Gasteiger partial charge is 0.303 e. The number of hydrogen-bond acceptors (Lipinski definition) is 3. The fraction of sp³-hybridized carbons (Fsp3) is 0.154. The fourth-order valence-electron chi connectivity index (χ4n) is 1.40. The second-order valence-corrected chi connectivity index (χ2v) is 5.66. The molecule has 1 heterocycles. The predicted octanol–water partition coefficient (Wildman–Crippen LogP) is 4.21. The lowest BCUT2D eigenvalue weighted by atomic mass is 10.2. The van der Waals surface area contributed by atoms with Crippen LogP contribution in [-0.2, 0) is 11.2 Å². The first-order valence-corrected chi connectivity index (χ1v) is 6.98. The molecule has 0 aliphatic carbocycles. The molecule has 2 rings (SSSR count). The van der Waals surface area contributed by atoms with Crippen molar-refractivity contribution in [3.05, 3.63) is 46.6 Å². The number of benzene rings is 1. The van der Waals surface area contributed by atoms with E-state index in [9.17, 15) is 4.79 Å². The molecule has 1 aromatic carbocycles. The standard InChI is InChI=1S/C13H11BrO3S/c14-9-1-5-11(6-2-9)18-13-8-4-10(17-13)3-7-12(15)16/h1-2,4-6,8H,3,7H2,(H,15,16). The summed E-state index contributed by atoms with van der Waals surface area (Å²) in [6.07, 6.45) is 0.520. The molecule has 0 fully saturated rings. The van der Waals surface area contributed by atoms with E-state index in [0.717, 1.165) is 14.5 Å². The normalized spacial score (nSPS) is 10.5. The summed E-state index contributed by atoms with van der Waals surface area (Å²) in [5.74, 6) is -0.106. The molecule has 1 aromatic heterocycles. The zero-order valence-corrected chi connectivity index (χ0v) is 11.8. The van der Waals surface area contributed by atoms with Crippen LogP contribution >= 0.6 is 27.7 Å². The molecule has 1 N–H and O–H groups in total. The van der Waals surface area contributed by atoms with Crippen molar-refractivity contribution in [3.8, 4) is 0 Å². The molecular formula is C13H11BrO3S. The number of aryl methyl sites for hydroxylation is 1. The van der Waals surface area contributed by atoms with Gasteiger partial charge in [0.1, 0.15) is 5.76 Å². The molecule has 0 amide bonds. The summed E-state index contributed by atoms with van der Waals surface area (Å²) < 4.78 is 6.59. The highest BCUT2D eigenvalue weighted by Crippen LogP contribution is 2.30. The van der Waals surface area contributed by atoms with Crippen molar-refractivity contribution in [1.29, 1.82) is 0 Å². The Morgan fingerprint density at radius 3 is 2.61 bits per heavy atom. The Labute approximate surface area is 117 Å². The summed E-state index contributed by atoms with van der Waals surface area (Å²) in [6.45, 7) is 0. The molecule has 0 saturated heterocycles. The fourth-order valence-corrected chi connectivity index (χ4v) is 2.45. The number of carbonyl (C=O) groups is 1. The molecule has 5 heteroatoms. The second kappa shape index (κ2) is 6.11. The van der Waals surface area contributed by atoms with E-state index in [1.165, 1.54) is 11.8 Å². The van der Waals surface area contributed by atoms with Gasteiger partial charge in [0.05, 0.1) is 6.42 Å². The molecule has 2 aromatic rings. The van der Waals surface area contributed by atoms with Crippen molar-refractivity contribution in [1.82, 2.24) is 0 Å². The summed E-state index contributed by atoms with van der Waals surface area (Å²) in [5.41, 5.74) is 0. The number of carboxylic acids is 1. The van der Waals surface area contributed by atoms with Crippen molar-refractivity contribution in [2.75, 3.05) is 0 Å². The molecule has 0 saturated carbocycles. The maximum absolute atomic E-state index is 10.5. The van der Waals surface area contributed by atoms with Gasteiger partial charge in [0.25, 0.3) is 0 Å². The highest BCUT2D eigenvalue weighted by atomic mass is 79.9. The number of furan rings is 1. The molecule has 18 heavy (non-hydrogen) atoms. The van der Waals surface area contributed by atoms with Crippen LogP contribution in [0.5, 0.6) is 0 Å². The predicted molar refractivity (Wildman–Crippen MR) is 72.9 cm³/mol. The van der Waals surface area contributed by atoms with Crippen LogP contribution in [0.2, 0.25) is 0 Å². The van der Waals surface area contributed by atoms with Gasteiger partial charge in [-0.1, -0.05) is 27.7 Å². The van der Waals surface area contributed by atoms with Gasteiger partial charge >= 0.3 is 5.97 Å². The lowest BCUT2D eigenvalue weighted by molar-refractivity contribution is -0.137. The van der Waals surface area contributed by atoms with Gasteiger partial charge in [0, 0.05) is 15.8 Å². The summed E-state index contributed by atoms with van der Waals surface area (Å²) in [5, 5.41) is 9.37. The minimum atomic E-state index is -0.812. The van der Waals surface area contributed by atoms with E-state index in [1.54, 1.807) is 0 Å². The highest BCUT2D eigenvalue weighted by molar-refractivity contribution is 9.10. The van der Waals surface area contributed by atoms with Crippen LogP contribution in [-0.4, -0.2) is 11.1 Å². The Morgan fingerprint density at radius 1 is 1.22 bits per heavy atom. The van der Waals surface area contributed by atoms with Gasteiger partial charge in [-0.05, 0) is 36.4 Å². The van der Waals surface area contributed by atoms with Gasteiger partial charge in [-0.25, -0.2) is 0 Å². The van der Waals surface area contributed by atoms with Gasteiger partial charge < -0.3 is 9.52 Å². The third-order valence-corrected chi connectivity index (χ3v) is 3.71. The Kier molecular flexibility index (Phi) is 4.49. The topological polar surface area (TPSA) is 50.4 Å². The number of aliphatic carboxylic acids is 1. The van der Waals surface area contributed by atoms with Crippen LogP contribution < -0.4 is 0 Å². The number of rotatable bonds is 5. The van der Waals surface area contributed by atoms with Gasteiger partial charge in [-0.15, -0.1) is 0 Å². The lowest BCUT2D eigenvalue weighted by Crippen LogP contribution is -1.95. The van der Waals surface area contributed by atoms with E-state index in [0.29, 0.717) is 12.2 Å². The number of halogens is 1. The van der Waals surface area contributed by atoms with Crippen LogP contribution in [0, 0.1) is 0 Å². The summed E-state index contributed by atoms with van der Waals surface area (Å²) in [7, 11) is 0. The third-order valence-electron chi connectivity index (χ3n) is 2.25. The second-order valence-electron chi connectivity index (χ2n) is 3.67. The maximum atomic E-state index is 10.5. The average Bonchev–Trinajstić information content (AvgIpc) is 2.77. The van der Waals surface area contributed by atoms with Crippen LogP contribution in [0.4, 0.5) is 0 Å². The van der Waals surface area contributed by atoms with Crippen LogP contribution in [0.25, 0.3) is 0 Å². The average molecular weight is 327 g/mol. The first kappa shape index (κ1) is 13.2. The molecule has 94 valence electrons. The van der Waals surface area contributed by atoms with Crippen molar-refractivity contribution in [2.45, 2.75) is 22.8 Å². The summed E-state index contributed by atoms with van der Waals surface area (Å²) >= 11 is 4.90. The van der Waals surface area contributed by atoms with E-state index < -0.39 is 5.97 Å². The summed E-state index contributed by atoms with van der Waals surface area (Å²) in [4.78, 5) is 11.5. The third kappa shape index (κ3) is 3.92. The molecule has 0 spiro atoms. The first-order valence-electron chi connectivity index (χ1n) is 5.37. The molecule has 0 unspecified atom stereocenters. The quantitative estimate of drug-likeness (QED) is 0.894. The molecule has 0 aliphatic heterocycles. The van der Waals surface area contributed by atoms with E-state index in [1.807, 2.05) is 36.4 Å². The first-order chi connectivity index (χ1) is 8.63. The van der Waals surface area contributed by atoms with Gasteiger partial charge in [0.15, 0.2) is 5.09 Å². The molecule has 3 nitrogen and oxygen atoms in total. The molecule has 0 bridgehead atoms. The number of carboxylic acid groups (broad SMARTS) is 1. The van der Waals surface area contributed by atoms with Crippen LogP contribution in [0.3, 0.4) is 0 Å². The lowest BCUT2D eigenvalue weighted by Gasteiger charge is -1.98. The Hall–Kier alpha value is -1.20. The van der Waals surface area contributed by atoms with E-state index in [2.05, 4.69) is 15.9 Å².